The molecule has 0 saturated carbocycles. The first-order valence-electron chi connectivity index (χ1n) is 13.0. The number of hydrogen-bond donors (Lipinski definition) is 1. The lowest BCUT2D eigenvalue weighted by Gasteiger charge is -2.34. The molecule has 0 bridgehead atoms. The molecule has 1 aromatic carbocycles. The van der Waals surface area contributed by atoms with Crippen molar-refractivity contribution in [1.29, 1.82) is 0 Å². The number of allylic oxidation sites excluding steroid dienone is 2. The van der Waals surface area contributed by atoms with Crippen LogP contribution in [0.25, 0.3) is 0 Å². The van der Waals surface area contributed by atoms with Crippen LogP contribution >= 0.6 is 22.6 Å². The number of carboxylic acids is 1. The summed E-state index contributed by atoms with van der Waals surface area (Å²) in [6.45, 7) is 8.79. The highest BCUT2D eigenvalue weighted by Crippen LogP contribution is 2.37. The number of rotatable bonds is 7. The molecule has 2 atom stereocenters. The molecule has 0 aromatic heterocycles. The number of aryl methyl sites for hydroxylation is 1. The van der Waals surface area contributed by atoms with Crippen molar-refractivity contribution in [2.75, 3.05) is 44.2 Å². The van der Waals surface area contributed by atoms with E-state index in [1.165, 1.54) is 16.8 Å². The van der Waals surface area contributed by atoms with Crippen LogP contribution in [-0.2, 0) is 9.59 Å². The van der Waals surface area contributed by atoms with E-state index in [4.69, 9.17) is 0 Å². The van der Waals surface area contributed by atoms with Crippen molar-refractivity contribution in [2.45, 2.75) is 45.4 Å². The summed E-state index contributed by atoms with van der Waals surface area (Å²) in [6.07, 6.45) is 10.8. The largest absolute Gasteiger partial charge is 0.481 e. The Balaban J connectivity index is 1.38. The number of nitrogens with zero attached hydrogens (tertiary/aromatic N) is 4. The van der Waals surface area contributed by atoms with Gasteiger partial charge in [-0.15, -0.1) is 0 Å². The molecule has 7 nitrogen and oxygen atoms in total. The van der Waals surface area contributed by atoms with E-state index in [9.17, 15) is 14.7 Å². The average Bonchev–Trinajstić information content (AvgIpc) is 3.57. The number of anilines is 1. The molecular weight excluding hydrogens is 567 g/mol. The summed E-state index contributed by atoms with van der Waals surface area (Å²) < 4.78 is 1.14. The van der Waals surface area contributed by atoms with E-state index in [0.717, 1.165) is 55.8 Å². The Bertz CT molecular complexity index is 1050. The zero-order valence-electron chi connectivity index (χ0n) is 21.3. The summed E-state index contributed by atoms with van der Waals surface area (Å²) >= 11 is 2.34. The number of piperidine rings is 1. The van der Waals surface area contributed by atoms with Crippen LogP contribution in [0.2, 0.25) is 0 Å². The minimum atomic E-state index is -0.679. The van der Waals surface area contributed by atoms with Gasteiger partial charge in [-0.3, -0.25) is 14.6 Å². The fraction of sp³-hybridized carbons (Fsp3) is 0.536. The highest BCUT2D eigenvalue weighted by Gasteiger charge is 2.36. The number of benzene rings is 1. The number of aliphatic carboxylic acids is 1. The summed E-state index contributed by atoms with van der Waals surface area (Å²) in [5, 5.41) is 9.37. The molecule has 3 fully saturated rings. The molecule has 1 aromatic rings. The standard InChI is InChI=1S/C28H37IN4O3/c1-3-30-12-4-5-26(29)32-15-11-23(19-32)27(34)33-16-10-22(18-33)24-7-6-20(2)17-25(24)31-13-8-21(9-14-31)28(35)36/h3-7,12,17,21-23H,8-11,13-16,18-19H2,1-2H3,(H,35,36)/b12-4-,26-5+,30-3?/t22-,23+/m1/s1. The van der Waals surface area contributed by atoms with Gasteiger partial charge in [-0.25, -0.2) is 0 Å². The number of hydrogen-bond acceptors (Lipinski definition) is 5. The lowest BCUT2D eigenvalue weighted by atomic mass is 9.92. The van der Waals surface area contributed by atoms with Gasteiger partial charge in [0.2, 0.25) is 5.91 Å². The van der Waals surface area contributed by atoms with Crippen molar-refractivity contribution in [3.05, 3.63) is 51.4 Å². The van der Waals surface area contributed by atoms with Gasteiger partial charge >= 0.3 is 5.97 Å². The molecular formula is C28H37IN4O3. The minimum absolute atomic E-state index is 0.0482. The molecule has 3 saturated heterocycles. The van der Waals surface area contributed by atoms with Gasteiger partial charge in [0, 0.05) is 63.3 Å². The molecule has 0 aliphatic carbocycles. The lowest BCUT2D eigenvalue weighted by Crippen LogP contribution is -2.37. The van der Waals surface area contributed by atoms with Crippen LogP contribution in [0.4, 0.5) is 5.69 Å². The number of amides is 1. The van der Waals surface area contributed by atoms with Gasteiger partial charge in [-0.2, -0.15) is 0 Å². The van der Waals surface area contributed by atoms with Crippen LogP contribution in [0.3, 0.4) is 0 Å². The molecule has 3 heterocycles. The van der Waals surface area contributed by atoms with Gasteiger partial charge in [-0.05, 0) is 91.5 Å². The second-order valence-electron chi connectivity index (χ2n) is 10.1. The van der Waals surface area contributed by atoms with Crippen LogP contribution in [0.15, 0.2) is 45.2 Å². The van der Waals surface area contributed by atoms with Crippen molar-refractivity contribution in [2.24, 2.45) is 16.8 Å². The van der Waals surface area contributed by atoms with E-state index in [2.05, 4.69) is 67.4 Å². The first-order valence-corrected chi connectivity index (χ1v) is 14.1. The van der Waals surface area contributed by atoms with Gasteiger partial charge in [0.15, 0.2) is 0 Å². The van der Waals surface area contributed by atoms with E-state index in [0.29, 0.717) is 18.8 Å². The Morgan fingerprint density at radius 3 is 2.47 bits per heavy atom. The first kappa shape index (κ1) is 26.7. The monoisotopic (exact) mass is 604 g/mol. The number of aliphatic imine (C=N–C) groups is 1. The maximum Gasteiger partial charge on any atom is 0.306 e. The molecule has 1 amide bonds. The van der Waals surface area contributed by atoms with E-state index < -0.39 is 5.97 Å². The summed E-state index contributed by atoms with van der Waals surface area (Å²) in [4.78, 5) is 35.6. The van der Waals surface area contributed by atoms with Crippen LogP contribution in [0, 0.1) is 18.8 Å². The number of halogens is 1. The third-order valence-corrected chi connectivity index (χ3v) is 8.75. The molecule has 194 valence electrons. The molecule has 36 heavy (non-hydrogen) atoms. The number of carbonyl (C=O) groups excluding carboxylic acids is 1. The van der Waals surface area contributed by atoms with E-state index in [1.807, 2.05) is 19.1 Å². The third-order valence-electron chi connectivity index (χ3n) is 7.71. The quantitative estimate of drug-likeness (QED) is 0.209. The third kappa shape index (κ3) is 6.30. The van der Waals surface area contributed by atoms with Crippen molar-refractivity contribution < 1.29 is 14.7 Å². The maximum absolute atomic E-state index is 13.4. The average molecular weight is 605 g/mol. The zero-order chi connectivity index (χ0) is 25.7. The van der Waals surface area contributed by atoms with Crippen molar-refractivity contribution >= 4 is 46.4 Å². The van der Waals surface area contributed by atoms with Gasteiger partial charge in [0.25, 0.3) is 0 Å². The van der Waals surface area contributed by atoms with Crippen molar-refractivity contribution in [3.63, 3.8) is 0 Å². The molecule has 4 rings (SSSR count). The molecule has 0 radical (unpaired) electrons. The summed E-state index contributed by atoms with van der Waals surface area (Å²) in [7, 11) is 0. The molecule has 0 spiro atoms. The Morgan fingerprint density at radius 2 is 1.75 bits per heavy atom. The first-order chi connectivity index (χ1) is 17.4. The highest BCUT2D eigenvalue weighted by atomic mass is 127. The smallest absolute Gasteiger partial charge is 0.306 e. The molecule has 3 aliphatic heterocycles. The second kappa shape index (κ2) is 12.3. The number of carbonyl (C=O) groups is 2. The van der Waals surface area contributed by atoms with Crippen molar-refractivity contribution in [1.82, 2.24) is 9.80 Å². The number of likely N-dealkylation sites (tertiary alicyclic amines) is 2. The Hall–Kier alpha value is -2.36. The second-order valence-corrected chi connectivity index (χ2v) is 11.2. The summed E-state index contributed by atoms with van der Waals surface area (Å²) in [6, 6.07) is 6.63. The number of carboxylic acid groups (broad SMARTS) is 1. The fourth-order valence-electron chi connectivity index (χ4n) is 5.63. The van der Waals surface area contributed by atoms with E-state index in [-0.39, 0.29) is 17.7 Å². The SMILES string of the molecule is CC=N/C=C\C=C(/I)N1CC[C@H](C(=O)N2CC[C@@H](c3ccc(C)cc3N3CCC(C(=O)O)CC3)C2)C1. The molecule has 0 unspecified atom stereocenters. The molecule has 3 aliphatic rings. The zero-order valence-corrected chi connectivity index (χ0v) is 23.4. The molecule has 1 N–H and O–H groups in total. The Labute approximate surface area is 228 Å². The minimum Gasteiger partial charge on any atom is -0.481 e. The van der Waals surface area contributed by atoms with Crippen LogP contribution in [0.1, 0.15) is 49.7 Å². The fourth-order valence-corrected chi connectivity index (χ4v) is 6.28. The normalized spacial score (nSPS) is 24.0. The predicted octanol–water partition coefficient (Wildman–Crippen LogP) is 4.81. The Morgan fingerprint density at radius 1 is 1.03 bits per heavy atom. The topological polar surface area (TPSA) is 76.5 Å². The summed E-state index contributed by atoms with van der Waals surface area (Å²) in [5.74, 6) is -0.261. The molecule has 8 heteroatoms. The van der Waals surface area contributed by atoms with Crippen LogP contribution in [0.5, 0.6) is 0 Å². The van der Waals surface area contributed by atoms with Crippen LogP contribution < -0.4 is 4.90 Å². The summed E-state index contributed by atoms with van der Waals surface area (Å²) in [5.41, 5.74) is 3.74. The predicted molar refractivity (Wildman–Crippen MR) is 153 cm³/mol. The van der Waals surface area contributed by atoms with E-state index >= 15 is 0 Å². The van der Waals surface area contributed by atoms with Crippen molar-refractivity contribution in [3.8, 4) is 0 Å². The van der Waals surface area contributed by atoms with Gasteiger partial charge in [0.1, 0.15) is 0 Å². The maximum atomic E-state index is 13.4. The Kier molecular flexibility index (Phi) is 9.09. The van der Waals surface area contributed by atoms with E-state index in [1.54, 1.807) is 12.4 Å². The van der Waals surface area contributed by atoms with Crippen LogP contribution in [-0.4, -0.2) is 72.3 Å². The highest BCUT2D eigenvalue weighted by molar-refractivity contribution is 14.1. The van der Waals surface area contributed by atoms with Gasteiger partial charge in [-0.1, -0.05) is 12.1 Å². The van der Waals surface area contributed by atoms with Gasteiger partial charge in [0.05, 0.1) is 15.5 Å². The van der Waals surface area contributed by atoms with Gasteiger partial charge < -0.3 is 19.8 Å². The lowest BCUT2D eigenvalue weighted by molar-refractivity contribution is -0.142.